The summed E-state index contributed by atoms with van der Waals surface area (Å²) >= 11 is 0. The van der Waals surface area contributed by atoms with E-state index in [9.17, 15) is 13.2 Å². The molecule has 4 rings (SSSR count). The summed E-state index contributed by atoms with van der Waals surface area (Å²) in [6, 6.07) is 14.6. The van der Waals surface area contributed by atoms with Crippen LogP contribution in [-0.2, 0) is 0 Å². The van der Waals surface area contributed by atoms with Crippen molar-refractivity contribution in [3.05, 3.63) is 77.6 Å². The predicted octanol–water partition coefficient (Wildman–Crippen LogP) is 7.77. The first-order valence-electron chi connectivity index (χ1n) is 11.1. The molecule has 1 aliphatic rings. The van der Waals surface area contributed by atoms with Crippen molar-refractivity contribution in [2.45, 2.75) is 39.0 Å². The SMILES string of the molecule is CCOc1ccc(-c2ccc(-c3ccc(C#CC4CCCCC4)cc3F)cc2)c(F)c1F. The molecule has 3 aromatic rings. The first-order valence-corrected chi connectivity index (χ1v) is 11.1. The molecule has 1 saturated carbocycles. The summed E-state index contributed by atoms with van der Waals surface area (Å²) in [5.41, 5.74) is 2.40. The van der Waals surface area contributed by atoms with E-state index in [4.69, 9.17) is 4.74 Å². The van der Waals surface area contributed by atoms with Crippen molar-refractivity contribution in [2.75, 3.05) is 6.61 Å². The van der Waals surface area contributed by atoms with Gasteiger partial charge in [-0.05, 0) is 55.2 Å². The second kappa shape index (κ2) is 9.96. The van der Waals surface area contributed by atoms with Crippen LogP contribution in [0.25, 0.3) is 22.3 Å². The number of hydrogen-bond donors (Lipinski definition) is 0. The molecule has 0 heterocycles. The number of ether oxygens (including phenoxy) is 1. The highest BCUT2D eigenvalue weighted by Gasteiger charge is 2.16. The van der Waals surface area contributed by atoms with Gasteiger partial charge in [-0.25, -0.2) is 8.78 Å². The van der Waals surface area contributed by atoms with Gasteiger partial charge in [0.25, 0.3) is 0 Å². The van der Waals surface area contributed by atoms with Gasteiger partial charge < -0.3 is 4.74 Å². The van der Waals surface area contributed by atoms with E-state index < -0.39 is 11.6 Å². The van der Waals surface area contributed by atoms with Crippen LogP contribution in [0.3, 0.4) is 0 Å². The van der Waals surface area contributed by atoms with E-state index in [-0.39, 0.29) is 23.7 Å². The largest absolute Gasteiger partial charge is 0.491 e. The van der Waals surface area contributed by atoms with Gasteiger partial charge in [0.2, 0.25) is 5.82 Å². The highest BCUT2D eigenvalue weighted by Crippen LogP contribution is 2.32. The van der Waals surface area contributed by atoms with Crippen molar-refractivity contribution in [2.24, 2.45) is 5.92 Å². The van der Waals surface area contributed by atoms with Crippen LogP contribution >= 0.6 is 0 Å². The van der Waals surface area contributed by atoms with Crippen LogP contribution in [0.1, 0.15) is 44.6 Å². The minimum absolute atomic E-state index is 0.112. The third kappa shape index (κ3) is 4.83. The Morgan fingerprint density at radius 2 is 1.47 bits per heavy atom. The Morgan fingerprint density at radius 3 is 2.12 bits per heavy atom. The molecule has 1 fully saturated rings. The van der Waals surface area contributed by atoms with Crippen LogP contribution in [0, 0.1) is 35.2 Å². The fourth-order valence-corrected chi connectivity index (χ4v) is 4.11. The highest BCUT2D eigenvalue weighted by atomic mass is 19.2. The molecule has 32 heavy (non-hydrogen) atoms. The second-order valence-electron chi connectivity index (χ2n) is 8.05. The topological polar surface area (TPSA) is 9.23 Å². The molecular weight excluding hydrogens is 409 g/mol. The average molecular weight is 435 g/mol. The molecule has 0 aliphatic heterocycles. The lowest BCUT2D eigenvalue weighted by atomic mass is 9.89. The fourth-order valence-electron chi connectivity index (χ4n) is 4.11. The molecule has 0 N–H and O–H groups in total. The maximum absolute atomic E-state index is 14.8. The normalized spacial score (nSPS) is 14.0. The second-order valence-corrected chi connectivity index (χ2v) is 8.05. The molecule has 4 heteroatoms. The molecule has 3 aromatic carbocycles. The minimum atomic E-state index is -1.01. The van der Waals surface area contributed by atoms with Gasteiger partial charge in [-0.2, -0.15) is 4.39 Å². The number of halogens is 3. The van der Waals surface area contributed by atoms with Crippen molar-refractivity contribution in [3.63, 3.8) is 0 Å². The number of benzene rings is 3. The van der Waals surface area contributed by atoms with Crippen molar-refractivity contribution < 1.29 is 17.9 Å². The molecule has 0 spiro atoms. The number of rotatable bonds is 4. The maximum atomic E-state index is 14.8. The quantitative estimate of drug-likeness (QED) is 0.381. The first-order chi connectivity index (χ1) is 15.6. The molecule has 1 aliphatic carbocycles. The van der Waals surface area contributed by atoms with Crippen LogP contribution in [0.4, 0.5) is 13.2 Å². The third-order valence-corrected chi connectivity index (χ3v) is 5.85. The third-order valence-electron chi connectivity index (χ3n) is 5.85. The molecular formula is C28H25F3O. The van der Waals surface area contributed by atoms with Gasteiger partial charge >= 0.3 is 0 Å². The van der Waals surface area contributed by atoms with E-state index in [0.717, 1.165) is 12.8 Å². The Balaban J connectivity index is 1.54. The summed E-state index contributed by atoms with van der Waals surface area (Å²) in [6.45, 7) is 1.96. The van der Waals surface area contributed by atoms with Crippen molar-refractivity contribution in [3.8, 4) is 39.8 Å². The Bertz CT molecular complexity index is 1150. The summed E-state index contributed by atoms with van der Waals surface area (Å²) in [4.78, 5) is 0. The van der Waals surface area contributed by atoms with Gasteiger partial charge in [-0.1, -0.05) is 61.4 Å². The van der Waals surface area contributed by atoms with E-state index in [0.29, 0.717) is 28.2 Å². The molecule has 0 radical (unpaired) electrons. The van der Waals surface area contributed by atoms with E-state index >= 15 is 0 Å². The average Bonchev–Trinajstić information content (AvgIpc) is 2.82. The van der Waals surface area contributed by atoms with E-state index in [1.54, 1.807) is 37.3 Å². The Morgan fingerprint density at radius 1 is 0.812 bits per heavy atom. The van der Waals surface area contributed by atoms with Crippen LogP contribution in [0.15, 0.2) is 54.6 Å². The Kier molecular flexibility index (Phi) is 6.85. The van der Waals surface area contributed by atoms with Crippen molar-refractivity contribution >= 4 is 0 Å². The smallest absolute Gasteiger partial charge is 0.201 e. The summed E-state index contributed by atoms with van der Waals surface area (Å²) in [5, 5.41) is 0. The van der Waals surface area contributed by atoms with Crippen LogP contribution in [0.5, 0.6) is 5.75 Å². The first kappa shape index (κ1) is 22.0. The van der Waals surface area contributed by atoms with E-state index in [1.165, 1.54) is 37.5 Å². The van der Waals surface area contributed by atoms with Crippen LogP contribution < -0.4 is 4.74 Å². The van der Waals surface area contributed by atoms with E-state index in [1.807, 2.05) is 6.07 Å². The molecule has 0 amide bonds. The Labute approximate surface area is 187 Å². The maximum Gasteiger partial charge on any atom is 0.201 e. The lowest BCUT2D eigenvalue weighted by Crippen LogP contribution is -2.03. The summed E-state index contributed by atoms with van der Waals surface area (Å²) in [6.07, 6.45) is 5.96. The zero-order valence-electron chi connectivity index (χ0n) is 18.1. The van der Waals surface area contributed by atoms with Gasteiger partial charge in [0.1, 0.15) is 5.82 Å². The monoisotopic (exact) mass is 434 g/mol. The Hall–Kier alpha value is -3.19. The zero-order valence-corrected chi connectivity index (χ0v) is 18.1. The summed E-state index contributed by atoms with van der Waals surface area (Å²) in [7, 11) is 0. The van der Waals surface area contributed by atoms with Crippen molar-refractivity contribution in [1.29, 1.82) is 0 Å². The fraction of sp³-hybridized carbons (Fsp3) is 0.286. The van der Waals surface area contributed by atoms with Crippen LogP contribution in [-0.4, -0.2) is 6.61 Å². The van der Waals surface area contributed by atoms with Gasteiger partial charge in [0.05, 0.1) is 6.61 Å². The standard InChI is InChI=1S/C28H25F3O/c1-2-32-26-17-16-24(27(30)28(26)31)22-13-11-21(12-14-22)23-15-10-20(18-25(23)29)9-8-19-6-4-3-5-7-19/h10-19H,2-7H2,1H3. The molecule has 0 saturated heterocycles. The lowest BCUT2D eigenvalue weighted by Gasteiger charge is -2.15. The van der Waals surface area contributed by atoms with Gasteiger partial charge in [-0.3, -0.25) is 0 Å². The summed E-state index contributed by atoms with van der Waals surface area (Å²) < 4.78 is 48.5. The van der Waals surface area contributed by atoms with Gasteiger partial charge in [0.15, 0.2) is 11.6 Å². The van der Waals surface area contributed by atoms with Crippen LogP contribution in [0.2, 0.25) is 0 Å². The van der Waals surface area contributed by atoms with Crippen molar-refractivity contribution in [1.82, 2.24) is 0 Å². The zero-order chi connectivity index (χ0) is 22.5. The molecule has 0 unspecified atom stereocenters. The molecule has 0 aromatic heterocycles. The lowest BCUT2D eigenvalue weighted by molar-refractivity contribution is 0.314. The van der Waals surface area contributed by atoms with Gasteiger partial charge in [-0.15, -0.1) is 0 Å². The molecule has 164 valence electrons. The molecule has 0 bridgehead atoms. The predicted molar refractivity (Wildman–Crippen MR) is 122 cm³/mol. The summed E-state index contributed by atoms with van der Waals surface area (Å²) in [5.74, 6) is 4.36. The molecule has 1 nitrogen and oxygen atoms in total. The minimum Gasteiger partial charge on any atom is -0.491 e. The highest BCUT2D eigenvalue weighted by molar-refractivity contribution is 5.72. The number of hydrogen-bond acceptors (Lipinski definition) is 1. The van der Waals surface area contributed by atoms with E-state index in [2.05, 4.69) is 11.8 Å². The molecule has 0 atom stereocenters. The van der Waals surface area contributed by atoms with Gasteiger partial charge in [0, 0.05) is 22.6 Å².